The first-order valence-electron chi connectivity index (χ1n) is 32.5. The number of nitrogens with one attached hydrogen (secondary N) is 1. The largest absolute Gasteiger partial charge is 0.459 e. The van der Waals surface area contributed by atoms with Gasteiger partial charge in [0.2, 0.25) is 5.91 Å². The van der Waals surface area contributed by atoms with Gasteiger partial charge in [-0.2, -0.15) is 0 Å². The lowest BCUT2D eigenvalue weighted by molar-refractivity contribution is -0.299. The molecule has 0 saturated carbocycles. The first-order valence-corrected chi connectivity index (χ1v) is 32.5. The Labute approximate surface area is 530 Å². The molecule has 4 aliphatic heterocycles. The van der Waals surface area contributed by atoms with Crippen LogP contribution in [0.1, 0.15) is 155 Å². The molecule has 0 radical (unpaired) electrons. The number of ether oxygens (including phenoxy) is 6. The minimum Gasteiger partial charge on any atom is -0.459 e. The summed E-state index contributed by atoms with van der Waals surface area (Å²) in [4.78, 5) is 45.3. The van der Waals surface area contributed by atoms with Gasteiger partial charge in [-0.15, -0.1) is 0 Å². The Hall–Kier alpha value is -3.05. The number of amides is 1. The molecular weight excluding hydrogens is 1150 g/mol. The number of nitrogens with zero attached hydrogens (tertiary/aromatic N) is 3. The third-order valence-corrected chi connectivity index (χ3v) is 20.1. The Kier molecular flexibility index (Phi) is 29.0. The van der Waals surface area contributed by atoms with Crippen LogP contribution < -0.4 is 5.32 Å². The Balaban J connectivity index is 0.000000389. The number of esters is 2. The number of hydrogen-bond donors (Lipinski definition) is 11. The Bertz CT molecular complexity index is 2340. The van der Waals surface area contributed by atoms with Gasteiger partial charge in [0, 0.05) is 50.1 Å². The summed E-state index contributed by atoms with van der Waals surface area (Å²) in [6.07, 6.45) is -12.7. The lowest BCUT2D eigenvalue weighted by Gasteiger charge is -2.47. The number of hydrogen-bond acceptors (Lipinski definition) is 22. The second-order valence-electron chi connectivity index (χ2n) is 28.3. The molecule has 23 heteroatoms. The van der Waals surface area contributed by atoms with E-state index in [-0.39, 0.29) is 62.0 Å². The van der Waals surface area contributed by atoms with Crippen LogP contribution in [-0.4, -0.2) is 257 Å². The maximum Gasteiger partial charge on any atom is 0.311 e. The predicted octanol–water partition coefficient (Wildman–Crippen LogP) is 2.75. The minimum atomic E-state index is -1.79. The second-order valence-corrected chi connectivity index (χ2v) is 28.3. The van der Waals surface area contributed by atoms with Crippen molar-refractivity contribution in [1.29, 1.82) is 0 Å². The van der Waals surface area contributed by atoms with Crippen molar-refractivity contribution in [3.8, 4) is 0 Å². The monoisotopic (exact) mass is 1270 g/mol. The summed E-state index contributed by atoms with van der Waals surface area (Å²) in [5.41, 5.74) is -5.78. The van der Waals surface area contributed by atoms with E-state index in [2.05, 4.69) is 5.32 Å². The Morgan fingerprint density at radius 3 is 1.38 bits per heavy atom. The number of aliphatic hydroxyl groups is 10. The van der Waals surface area contributed by atoms with Crippen molar-refractivity contribution in [2.24, 2.45) is 35.5 Å². The first-order chi connectivity index (χ1) is 41.1. The van der Waals surface area contributed by atoms with Gasteiger partial charge in [0.1, 0.15) is 47.8 Å². The number of rotatable bonds is 10. The summed E-state index contributed by atoms with van der Waals surface area (Å²) in [7, 11) is 7.03. The van der Waals surface area contributed by atoms with Crippen molar-refractivity contribution in [2.45, 2.75) is 288 Å². The highest BCUT2D eigenvalue weighted by molar-refractivity contribution is 5.79. The van der Waals surface area contributed by atoms with E-state index in [4.69, 9.17) is 28.4 Å². The zero-order chi connectivity index (χ0) is 67.7. The van der Waals surface area contributed by atoms with Crippen LogP contribution in [0.25, 0.3) is 0 Å². The lowest BCUT2D eigenvalue weighted by atomic mass is 9.78. The summed E-state index contributed by atoms with van der Waals surface area (Å²) in [5.74, 6) is -5.75. The van der Waals surface area contributed by atoms with Crippen LogP contribution in [-0.2, 0) is 49.2 Å². The van der Waals surface area contributed by atoms with Crippen LogP contribution in [0.15, 0.2) is 30.3 Å². The first kappa shape index (κ1) is 78.4. The van der Waals surface area contributed by atoms with Gasteiger partial charge in [0.05, 0.1) is 72.1 Å². The van der Waals surface area contributed by atoms with Crippen molar-refractivity contribution in [3.63, 3.8) is 0 Å². The van der Waals surface area contributed by atoms with Crippen molar-refractivity contribution in [2.75, 3.05) is 41.3 Å². The van der Waals surface area contributed by atoms with Gasteiger partial charge in [-0.05, 0) is 146 Å². The fourth-order valence-corrected chi connectivity index (χ4v) is 14.2. The summed E-state index contributed by atoms with van der Waals surface area (Å²) >= 11 is 0. The maximum absolute atomic E-state index is 13.4. The van der Waals surface area contributed by atoms with E-state index in [9.17, 15) is 65.4 Å². The molecule has 516 valence electrons. The molecule has 23 nitrogen and oxygen atoms in total. The molecule has 5 rings (SSSR count). The molecule has 4 fully saturated rings. The lowest BCUT2D eigenvalue weighted by Crippen LogP contribution is -2.60. The molecule has 0 spiro atoms. The summed E-state index contributed by atoms with van der Waals surface area (Å²) in [6.45, 7) is 28.1. The van der Waals surface area contributed by atoms with Crippen LogP contribution in [0.3, 0.4) is 0 Å². The van der Waals surface area contributed by atoms with Gasteiger partial charge in [-0.1, -0.05) is 71.9 Å². The minimum absolute atomic E-state index is 0.0985. The van der Waals surface area contributed by atoms with E-state index in [1.54, 1.807) is 69.5 Å². The topological polar surface area (TPSA) is 331 Å². The van der Waals surface area contributed by atoms with Gasteiger partial charge < -0.3 is 99.5 Å². The van der Waals surface area contributed by atoms with E-state index >= 15 is 0 Å². The van der Waals surface area contributed by atoms with Gasteiger partial charge in [0.25, 0.3) is 0 Å². The highest BCUT2D eigenvalue weighted by Crippen LogP contribution is 2.39. The zero-order valence-corrected chi connectivity index (χ0v) is 57.1. The number of carbonyl (C=O) groups is 3. The number of aliphatic hydroxyl groups excluding tert-OH is 6. The Morgan fingerprint density at radius 2 is 1.00 bits per heavy atom. The third-order valence-electron chi connectivity index (χ3n) is 20.1. The van der Waals surface area contributed by atoms with E-state index in [0.29, 0.717) is 25.9 Å². The fraction of sp³-hybridized carbons (Fsp3) is 0.864. The van der Waals surface area contributed by atoms with Crippen molar-refractivity contribution >= 4 is 17.8 Å². The predicted molar refractivity (Wildman–Crippen MR) is 334 cm³/mol. The van der Waals surface area contributed by atoms with Gasteiger partial charge in [-0.3, -0.25) is 14.4 Å². The van der Waals surface area contributed by atoms with E-state index in [1.165, 1.54) is 32.6 Å². The molecular formula is C66H118N4O19. The molecule has 4 heterocycles. The maximum atomic E-state index is 13.4. The Morgan fingerprint density at radius 1 is 0.618 bits per heavy atom. The third kappa shape index (κ3) is 19.5. The van der Waals surface area contributed by atoms with Crippen LogP contribution >= 0.6 is 0 Å². The zero-order valence-electron chi connectivity index (χ0n) is 57.1. The quantitative estimate of drug-likeness (QED) is 0.150. The molecule has 0 aromatic heterocycles. The van der Waals surface area contributed by atoms with E-state index < -0.39 is 156 Å². The summed E-state index contributed by atoms with van der Waals surface area (Å²) in [6, 6.07) is 7.37. The average Bonchev–Trinajstić information content (AvgIpc) is 2.84. The SMILES string of the molecule is CC[C@H]1OC(=O)[C@H](C)[C@@H](O)[C@H](C)[C@@H](O[C@@H]2O[C@H](C)C[C@H](N(C)C(=O)Cc3ccccc3)[C@H]2O)[C@](C)(O)C[C@@H](C)CN(C)[C@H](C)[C@@H](O)[C@]1(C)O.CC[C@H]1OC(=O)[C@H](C)[C@@H](O)[C@H](C)[C@@H](O[C@@H]2O[C@H](C)C[C@H](NC)[C@H]2O)[C@](C)(O)C[C@@H](C)CN(C)[C@H](C)[C@@H](O)[C@]1(C)O. The smallest absolute Gasteiger partial charge is 0.311 e. The highest BCUT2D eigenvalue weighted by atomic mass is 16.7. The molecule has 11 N–H and O–H groups in total. The van der Waals surface area contributed by atoms with Crippen LogP contribution in [0, 0.1) is 35.5 Å². The van der Waals surface area contributed by atoms with E-state index in [1.807, 2.05) is 81.9 Å². The number of likely N-dealkylation sites (N-methyl/N-ethyl adjacent to an activating group) is 4. The van der Waals surface area contributed by atoms with Crippen molar-refractivity contribution in [3.05, 3.63) is 35.9 Å². The molecule has 4 saturated heterocycles. The van der Waals surface area contributed by atoms with Crippen LogP contribution in [0.5, 0.6) is 0 Å². The van der Waals surface area contributed by atoms with Crippen LogP contribution in [0.4, 0.5) is 0 Å². The van der Waals surface area contributed by atoms with Crippen molar-refractivity contribution < 1.29 is 93.9 Å². The number of benzene rings is 1. The van der Waals surface area contributed by atoms with Crippen molar-refractivity contribution in [1.82, 2.24) is 20.0 Å². The molecule has 0 unspecified atom stereocenters. The number of cyclic esters (lactones) is 2. The summed E-state index contributed by atoms with van der Waals surface area (Å²) in [5, 5.41) is 118. The molecule has 4 aliphatic rings. The van der Waals surface area contributed by atoms with Gasteiger partial charge in [0.15, 0.2) is 12.6 Å². The second kappa shape index (κ2) is 32.9. The molecule has 1 amide bonds. The normalized spacial score (nSPS) is 45.2. The molecule has 28 atom stereocenters. The molecule has 89 heavy (non-hydrogen) atoms. The van der Waals surface area contributed by atoms with Crippen LogP contribution in [0.2, 0.25) is 0 Å². The van der Waals surface area contributed by atoms with E-state index in [0.717, 1.165) is 5.56 Å². The molecule has 0 aliphatic carbocycles. The molecule has 0 bridgehead atoms. The van der Waals surface area contributed by atoms with Gasteiger partial charge in [-0.25, -0.2) is 0 Å². The molecule has 1 aromatic rings. The summed E-state index contributed by atoms with van der Waals surface area (Å²) < 4.78 is 36.3. The standard InChI is InChI=1S/C37H62N2O10.C29H56N2O9/c1-11-28-37(8,46)32(43)25(6)38(9)20-21(2)19-36(7,45)33(23(4)30(41)24(5)34(44)48-28)49-35-31(42)27(17-22(3)47-35)39(10)29(40)18-26-15-13-12-14-16-26;1-11-21-29(8,37)24(34)19(6)31(10)14-15(2)13-28(7,36)25(17(4)22(32)18(5)26(35)39-21)40-27-23(33)20(30-9)12-16(3)38-27/h12-16,21-25,27-28,30-33,35,41-43,45-46H,11,17-20H2,1-10H3;15-25,27,30,32-34,36-37H,11-14H2,1-10H3/t21-,22-,23+,24-,25-,27+,28-,30+,31-,32-,33-,35+,36-,37-;15-,16-,17+,18-,19-,20+,21-,22+,23-,24-,25-,27+,28-,29-/m11/s1. The average molecular weight is 1270 g/mol. The highest BCUT2D eigenvalue weighted by Gasteiger charge is 2.53. The fourth-order valence-electron chi connectivity index (χ4n) is 14.2. The molecule has 1 aromatic carbocycles. The van der Waals surface area contributed by atoms with Gasteiger partial charge >= 0.3 is 11.9 Å². The number of carbonyl (C=O) groups excluding carboxylic acids is 3.